The summed E-state index contributed by atoms with van der Waals surface area (Å²) >= 11 is 0. The third-order valence-electron chi connectivity index (χ3n) is 9.72. The topological polar surface area (TPSA) is 135 Å². The van der Waals surface area contributed by atoms with E-state index >= 15 is 0 Å². The number of hydrogen-bond donors (Lipinski definition) is 3. The van der Waals surface area contributed by atoms with Crippen LogP contribution in [-0.2, 0) is 20.6 Å². The van der Waals surface area contributed by atoms with Crippen molar-refractivity contribution >= 4 is 34.5 Å². The van der Waals surface area contributed by atoms with Crippen LogP contribution in [0.15, 0.2) is 95.4 Å². The van der Waals surface area contributed by atoms with E-state index in [-0.39, 0.29) is 30.6 Å². The van der Waals surface area contributed by atoms with Gasteiger partial charge in [0, 0.05) is 18.0 Å². The number of para-hydroxylation sites is 3. The van der Waals surface area contributed by atoms with E-state index in [1.807, 2.05) is 18.2 Å². The number of carbonyl (C=O) groups is 3. The molecular formula is C38H38F3N5O6. The predicted octanol–water partition coefficient (Wildman–Crippen LogP) is 6.18. The number of nitrogens with one attached hydrogen (secondary N) is 3. The molecule has 272 valence electrons. The second-order valence-corrected chi connectivity index (χ2v) is 13.4. The maximum atomic E-state index is 14.5. The molecule has 5 atom stereocenters. The summed E-state index contributed by atoms with van der Waals surface area (Å²) in [6.07, 6.45) is 2.15. The Morgan fingerprint density at radius 1 is 1.00 bits per heavy atom. The van der Waals surface area contributed by atoms with Gasteiger partial charge in [0.25, 0.3) is 5.91 Å². The first-order valence-electron chi connectivity index (χ1n) is 17.4. The van der Waals surface area contributed by atoms with E-state index in [4.69, 9.17) is 14.0 Å². The number of nitrogens with zero attached hydrogens (tertiary/aromatic N) is 2. The highest BCUT2D eigenvalue weighted by molar-refractivity contribution is 5.98. The maximum absolute atomic E-state index is 14.5. The minimum atomic E-state index is -4.57. The molecule has 0 bridgehead atoms. The normalized spacial score (nSPS) is 25.9. The fourth-order valence-electron chi connectivity index (χ4n) is 6.88. The van der Waals surface area contributed by atoms with Crippen molar-refractivity contribution in [2.24, 2.45) is 5.92 Å². The molecule has 3 heterocycles. The van der Waals surface area contributed by atoms with Gasteiger partial charge in [0.15, 0.2) is 11.3 Å². The van der Waals surface area contributed by atoms with Crippen molar-refractivity contribution in [2.45, 2.75) is 74.8 Å². The molecular weight excluding hydrogens is 679 g/mol. The first-order chi connectivity index (χ1) is 25.1. The molecule has 52 heavy (non-hydrogen) atoms. The minimum Gasteiger partial charge on any atom is -0.445 e. The fraction of sp³-hybridized carbons (Fsp3) is 0.368. The van der Waals surface area contributed by atoms with Crippen molar-refractivity contribution in [3.63, 3.8) is 0 Å². The van der Waals surface area contributed by atoms with E-state index in [1.54, 1.807) is 48.5 Å². The molecule has 14 heteroatoms. The van der Waals surface area contributed by atoms with Gasteiger partial charge in [-0.1, -0.05) is 61.4 Å². The number of alkyl halides is 3. The number of rotatable bonds is 7. The Labute approximate surface area is 297 Å². The van der Waals surface area contributed by atoms with Crippen LogP contribution in [0.5, 0.6) is 11.8 Å². The van der Waals surface area contributed by atoms with Gasteiger partial charge in [-0.25, -0.2) is 0 Å². The van der Waals surface area contributed by atoms with Crippen molar-refractivity contribution in [2.75, 3.05) is 11.9 Å². The molecule has 2 fully saturated rings. The molecule has 1 aromatic heterocycles. The van der Waals surface area contributed by atoms with E-state index in [2.05, 4.69) is 21.1 Å². The minimum absolute atomic E-state index is 0.0262. The molecule has 11 nitrogen and oxygen atoms in total. The monoisotopic (exact) mass is 717 g/mol. The summed E-state index contributed by atoms with van der Waals surface area (Å²) in [6.45, 7) is -0.0317. The van der Waals surface area contributed by atoms with Gasteiger partial charge in [-0.15, -0.1) is 0 Å². The molecule has 3 amide bonds. The zero-order valence-electron chi connectivity index (χ0n) is 28.1. The molecule has 1 saturated carbocycles. The molecule has 2 aliphatic heterocycles. The van der Waals surface area contributed by atoms with Crippen LogP contribution < -0.4 is 25.7 Å². The van der Waals surface area contributed by atoms with Crippen LogP contribution in [0.1, 0.15) is 50.5 Å². The molecule has 7 rings (SSSR count). The number of oxazole rings is 1. The van der Waals surface area contributed by atoms with Gasteiger partial charge in [0.2, 0.25) is 11.8 Å². The number of hydroxylamine groups is 1. The van der Waals surface area contributed by atoms with Gasteiger partial charge in [-0.3, -0.25) is 14.4 Å². The van der Waals surface area contributed by atoms with Crippen molar-refractivity contribution in [3.8, 4) is 11.8 Å². The number of aromatic nitrogens is 1. The highest BCUT2D eigenvalue weighted by Crippen LogP contribution is 2.45. The SMILES string of the molecule is O=C1N[C@]2(C(=O)NOc3ccccc3)C[C@H]2/C=C\CCCCC[C@H](Nc2cccc(C(F)(F)F)c2)C(=O)N2C[C@H](Oc3nc4ccccc4o3)C[C@@H]12. The van der Waals surface area contributed by atoms with Gasteiger partial charge >= 0.3 is 12.3 Å². The number of hydrogen-bond acceptors (Lipinski definition) is 8. The Kier molecular flexibility index (Phi) is 9.80. The lowest BCUT2D eigenvalue weighted by atomic mass is 10.0. The third kappa shape index (κ3) is 7.70. The second kappa shape index (κ2) is 14.6. The van der Waals surface area contributed by atoms with Crippen molar-refractivity contribution in [1.82, 2.24) is 20.7 Å². The number of ether oxygens (including phenoxy) is 1. The number of allylic oxidation sites excluding steroid dienone is 1. The molecule has 3 aromatic carbocycles. The largest absolute Gasteiger partial charge is 0.445 e. The standard InChI is InChI=1S/C38H38F3N5O6/c39-38(40,41)24-13-11-14-26(20-24)42-30-18-8-3-1-2-5-12-25-22-37(25,35(49)45-52-27-15-6-4-7-16-27)44-33(47)31-21-28(23-46(31)34(30)48)50-36-43-29-17-9-10-19-32(29)51-36/h4-7,9-17,19-20,25,28,30-31,42H,1-3,8,18,21-23H2,(H,44,47)(H,45,49)/b12-5-/t25-,28-,30+,31+,37-/m1/s1. The first-order valence-corrected chi connectivity index (χ1v) is 17.4. The van der Waals surface area contributed by atoms with Crippen molar-refractivity contribution in [3.05, 3.63) is 96.6 Å². The van der Waals surface area contributed by atoms with E-state index in [0.29, 0.717) is 42.5 Å². The van der Waals surface area contributed by atoms with Gasteiger partial charge in [0.1, 0.15) is 29.2 Å². The lowest BCUT2D eigenvalue weighted by Crippen LogP contribution is -2.57. The lowest BCUT2D eigenvalue weighted by molar-refractivity contribution is -0.141. The van der Waals surface area contributed by atoms with E-state index < -0.39 is 53.2 Å². The average Bonchev–Trinajstić information content (AvgIpc) is 3.43. The Hall–Kier alpha value is -5.53. The number of carbonyl (C=O) groups excluding carboxylic acids is 3. The van der Waals surface area contributed by atoms with E-state index in [0.717, 1.165) is 25.0 Å². The molecule has 1 saturated heterocycles. The van der Waals surface area contributed by atoms with Crippen LogP contribution in [0, 0.1) is 5.92 Å². The molecule has 0 unspecified atom stereocenters. The summed E-state index contributed by atoms with van der Waals surface area (Å²) < 4.78 is 52.6. The molecule has 3 N–H and O–H groups in total. The summed E-state index contributed by atoms with van der Waals surface area (Å²) in [6, 6.07) is 18.4. The van der Waals surface area contributed by atoms with Gasteiger partial charge < -0.3 is 29.5 Å². The van der Waals surface area contributed by atoms with E-state index in [9.17, 15) is 27.6 Å². The Balaban J connectivity index is 1.17. The second-order valence-electron chi connectivity index (χ2n) is 13.4. The number of benzene rings is 3. The Morgan fingerprint density at radius 2 is 1.81 bits per heavy atom. The molecule has 3 aliphatic rings. The summed E-state index contributed by atoms with van der Waals surface area (Å²) in [5.41, 5.74) is 1.51. The van der Waals surface area contributed by atoms with Gasteiger partial charge in [-0.05, 0) is 68.1 Å². The Bertz CT molecular complexity index is 1920. The lowest BCUT2D eigenvalue weighted by Gasteiger charge is -2.30. The van der Waals surface area contributed by atoms with Gasteiger partial charge in [-0.2, -0.15) is 23.6 Å². The first kappa shape index (κ1) is 34.9. The molecule has 1 aliphatic carbocycles. The van der Waals surface area contributed by atoms with Crippen LogP contribution in [-0.4, -0.2) is 57.9 Å². The quantitative estimate of drug-likeness (QED) is 0.153. The van der Waals surface area contributed by atoms with Crippen LogP contribution in [0.25, 0.3) is 11.1 Å². The summed E-state index contributed by atoms with van der Waals surface area (Å²) in [4.78, 5) is 53.7. The smallest absolute Gasteiger partial charge is 0.416 e. The molecule has 0 spiro atoms. The van der Waals surface area contributed by atoms with Crippen LogP contribution in [0.4, 0.5) is 18.9 Å². The zero-order chi connectivity index (χ0) is 36.3. The Morgan fingerprint density at radius 3 is 2.62 bits per heavy atom. The van der Waals surface area contributed by atoms with Crippen LogP contribution in [0.2, 0.25) is 0 Å². The summed E-state index contributed by atoms with van der Waals surface area (Å²) in [7, 11) is 0. The van der Waals surface area contributed by atoms with Crippen molar-refractivity contribution < 1.29 is 41.5 Å². The summed E-state index contributed by atoms with van der Waals surface area (Å²) in [5, 5.41) is 5.97. The van der Waals surface area contributed by atoms with Crippen molar-refractivity contribution in [1.29, 1.82) is 0 Å². The highest BCUT2D eigenvalue weighted by atomic mass is 19.4. The van der Waals surface area contributed by atoms with Gasteiger partial charge in [0.05, 0.1) is 12.1 Å². The molecule has 0 radical (unpaired) electrons. The third-order valence-corrected chi connectivity index (χ3v) is 9.72. The molecule has 4 aromatic rings. The average molecular weight is 718 g/mol. The number of anilines is 1. The zero-order valence-corrected chi connectivity index (χ0v) is 28.1. The number of fused-ring (bicyclic) bond motifs is 3. The summed E-state index contributed by atoms with van der Waals surface area (Å²) in [5.74, 6) is -1.49. The van der Waals surface area contributed by atoms with E-state index in [1.165, 1.54) is 17.0 Å². The van der Waals surface area contributed by atoms with Crippen LogP contribution in [0.3, 0.4) is 0 Å². The fourth-order valence-corrected chi connectivity index (χ4v) is 6.88. The number of halogens is 3. The highest BCUT2D eigenvalue weighted by Gasteiger charge is 2.61. The maximum Gasteiger partial charge on any atom is 0.416 e. The predicted molar refractivity (Wildman–Crippen MR) is 184 cm³/mol. The van der Waals surface area contributed by atoms with Crippen LogP contribution >= 0.6 is 0 Å². The number of amides is 3.